The maximum Gasteiger partial charge on any atom is 0.230 e. The quantitative estimate of drug-likeness (QED) is 0.779. The van der Waals surface area contributed by atoms with Gasteiger partial charge in [0.2, 0.25) is 5.91 Å². The van der Waals surface area contributed by atoms with Crippen LogP contribution in [0, 0.1) is 5.41 Å². The van der Waals surface area contributed by atoms with Crippen molar-refractivity contribution in [1.29, 1.82) is 0 Å². The standard InChI is InChI=1S/C13H24N2OS/c1-9-10(2)17-8-7-15(9)12(16)13(3)6-4-5-11(13)14/h9-11H,4-8,14H2,1-3H3. The largest absolute Gasteiger partial charge is 0.338 e. The highest BCUT2D eigenvalue weighted by Gasteiger charge is 2.46. The monoisotopic (exact) mass is 256 g/mol. The molecule has 0 spiro atoms. The lowest BCUT2D eigenvalue weighted by atomic mass is 9.83. The number of hydrogen-bond acceptors (Lipinski definition) is 3. The van der Waals surface area contributed by atoms with E-state index >= 15 is 0 Å². The molecule has 1 saturated heterocycles. The molecule has 4 atom stereocenters. The Balaban J connectivity index is 2.14. The van der Waals surface area contributed by atoms with Gasteiger partial charge in [0.15, 0.2) is 0 Å². The Labute approximate surface area is 108 Å². The van der Waals surface area contributed by atoms with Crippen LogP contribution >= 0.6 is 11.8 Å². The van der Waals surface area contributed by atoms with Crippen LogP contribution in [0.5, 0.6) is 0 Å². The third-order valence-electron chi connectivity index (χ3n) is 4.66. The Morgan fingerprint density at radius 1 is 1.47 bits per heavy atom. The fourth-order valence-electron chi connectivity index (χ4n) is 3.01. The minimum Gasteiger partial charge on any atom is -0.338 e. The molecule has 0 aromatic carbocycles. The van der Waals surface area contributed by atoms with Gasteiger partial charge < -0.3 is 10.6 Å². The normalized spacial score (nSPS) is 42.8. The van der Waals surface area contributed by atoms with Gasteiger partial charge in [-0.2, -0.15) is 11.8 Å². The third kappa shape index (κ3) is 2.22. The van der Waals surface area contributed by atoms with E-state index in [4.69, 9.17) is 5.73 Å². The van der Waals surface area contributed by atoms with Crippen LogP contribution in [0.2, 0.25) is 0 Å². The summed E-state index contributed by atoms with van der Waals surface area (Å²) in [5.41, 5.74) is 5.84. The van der Waals surface area contributed by atoms with Gasteiger partial charge in [-0.05, 0) is 26.7 Å². The molecule has 2 aliphatic rings. The van der Waals surface area contributed by atoms with Crippen LogP contribution in [0.15, 0.2) is 0 Å². The number of carbonyl (C=O) groups is 1. The van der Waals surface area contributed by atoms with Crippen molar-refractivity contribution in [2.75, 3.05) is 12.3 Å². The maximum atomic E-state index is 12.7. The van der Waals surface area contributed by atoms with Crippen LogP contribution in [-0.2, 0) is 4.79 Å². The minimum atomic E-state index is -0.310. The summed E-state index contributed by atoms with van der Waals surface area (Å²) in [6.45, 7) is 7.33. The second kappa shape index (κ2) is 4.81. The van der Waals surface area contributed by atoms with E-state index in [2.05, 4.69) is 25.7 Å². The van der Waals surface area contributed by atoms with Crippen molar-refractivity contribution in [3.8, 4) is 0 Å². The van der Waals surface area contributed by atoms with Crippen molar-refractivity contribution in [3.63, 3.8) is 0 Å². The molecule has 0 radical (unpaired) electrons. The Morgan fingerprint density at radius 3 is 2.76 bits per heavy atom. The van der Waals surface area contributed by atoms with Gasteiger partial charge in [0.25, 0.3) is 0 Å². The molecule has 0 aromatic heterocycles. The first-order valence-electron chi connectivity index (χ1n) is 6.65. The molecule has 17 heavy (non-hydrogen) atoms. The van der Waals surface area contributed by atoms with Crippen LogP contribution in [-0.4, -0.2) is 40.4 Å². The lowest BCUT2D eigenvalue weighted by molar-refractivity contribution is -0.143. The summed E-state index contributed by atoms with van der Waals surface area (Å²) in [5, 5.41) is 0.536. The highest BCUT2D eigenvalue weighted by Crippen LogP contribution is 2.40. The van der Waals surface area contributed by atoms with Gasteiger partial charge in [-0.15, -0.1) is 0 Å². The molecule has 4 unspecified atom stereocenters. The molecule has 4 heteroatoms. The van der Waals surface area contributed by atoms with Crippen LogP contribution in [0.3, 0.4) is 0 Å². The van der Waals surface area contributed by atoms with Crippen molar-refractivity contribution >= 4 is 17.7 Å². The van der Waals surface area contributed by atoms with Crippen LogP contribution in [0.25, 0.3) is 0 Å². The second-order valence-corrected chi connectivity index (χ2v) is 7.22. The van der Waals surface area contributed by atoms with Gasteiger partial charge in [-0.25, -0.2) is 0 Å². The fraction of sp³-hybridized carbons (Fsp3) is 0.923. The first kappa shape index (κ1) is 13.2. The first-order valence-corrected chi connectivity index (χ1v) is 7.70. The molecular weight excluding hydrogens is 232 g/mol. The van der Waals surface area contributed by atoms with Crippen LogP contribution in [0.4, 0.5) is 0 Å². The number of hydrogen-bond donors (Lipinski definition) is 1. The summed E-state index contributed by atoms with van der Waals surface area (Å²) in [6.07, 6.45) is 3.04. The van der Waals surface area contributed by atoms with E-state index in [1.807, 2.05) is 11.8 Å². The molecule has 1 aliphatic carbocycles. The minimum absolute atomic E-state index is 0.0482. The van der Waals surface area contributed by atoms with E-state index in [1.54, 1.807) is 0 Å². The van der Waals surface area contributed by atoms with Gasteiger partial charge >= 0.3 is 0 Å². The number of amides is 1. The molecule has 98 valence electrons. The fourth-order valence-corrected chi connectivity index (χ4v) is 4.11. The molecule has 1 aliphatic heterocycles. The van der Waals surface area contributed by atoms with Crippen molar-refractivity contribution in [2.24, 2.45) is 11.1 Å². The van der Waals surface area contributed by atoms with Gasteiger partial charge in [0, 0.05) is 29.6 Å². The maximum absolute atomic E-state index is 12.7. The van der Waals surface area contributed by atoms with Gasteiger partial charge in [-0.3, -0.25) is 4.79 Å². The van der Waals surface area contributed by atoms with E-state index in [9.17, 15) is 4.79 Å². The molecule has 1 heterocycles. The Morgan fingerprint density at radius 2 is 2.18 bits per heavy atom. The molecular formula is C13H24N2OS. The summed E-state index contributed by atoms with van der Waals surface area (Å²) in [4.78, 5) is 14.8. The number of nitrogens with two attached hydrogens (primary N) is 1. The van der Waals surface area contributed by atoms with Crippen molar-refractivity contribution in [3.05, 3.63) is 0 Å². The zero-order valence-corrected chi connectivity index (χ0v) is 11.9. The van der Waals surface area contributed by atoms with Gasteiger partial charge in [0.05, 0.1) is 5.41 Å². The van der Waals surface area contributed by atoms with E-state index in [-0.39, 0.29) is 11.5 Å². The predicted octanol–water partition coefficient (Wildman–Crippen LogP) is 1.86. The summed E-state index contributed by atoms with van der Waals surface area (Å²) >= 11 is 1.96. The molecule has 1 saturated carbocycles. The number of carbonyl (C=O) groups excluding carboxylic acids is 1. The zero-order valence-electron chi connectivity index (χ0n) is 11.1. The van der Waals surface area contributed by atoms with E-state index in [1.165, 1.54) is 0 Å². The molecule has 0 aromatic rings. The van der Waals surface area contributed by atoms with E-state index in [0.29, 0.717) is 17.2 Å². The molecule has 2 fully saturated rings. The third-order valence-corrected chi connectivity index (χ3v) is 6.00. The lowest BCUT2D eigenvalue weighted by Gasteiger charge is -2.42. The smallest absolute Gasteiger partial charge is 0.230 e. The number of rotatable bonds is 1. The average molecular weight is 256 g/mol. The SMILES string of the molecule is CC1SCCN(C(=O)C2(C)CCCC2N)C1C. The summed E-state index contributed by atoms with van der Waals surface area (Å²) in [5.74, 6) is 1.35. The van der Waals surface area contributed by atoms with Crippen molar-refractivity contribution in [1.82, 2.24) is 4.90 Å². The highest BCUT2D eigenvalue weighted by atomic mass is 32.2. The van der Waals surface area contributed by atoms with Crippen molar-refractivity contribution < 1.29 is 4.79 Å². The summed E-state index contributed by atoms with van der Waals surface area (Å²) in [7, 11) is 0. The van der Waals surface area contributed by atoms with E-state index < -0.39 is 0 Å². The Bertz CT molecular complexity index is 310. The summed E-state index contributed by atoms with van der Waals surface area (Å²) in [6, 6.07) is 0.387. The topological polar surface area (TPSA) is 46.3 Å². The van der Waals surface area contributed by atoms with E-state index in [0.717, 1.165) is 31.6 Å². The number of nitrogens with zero attached hydrogens (tertiary/aromatic N) is 1. The van der Waals surface area contributed by atoms with Crippen LogP contribution in [0.1, 0.15) is 40.0 Å². The van der Waals surface area contributed by atoms with Gasteiger partial charge in [-0.1, -0.05) is 13.3 Å². The molecule has 1 amide bonds. The highest BCUT2D eigenvalue weighted by molar-refractivity contribution is 8.00. The lowest BCUT2D eigenvalue weighted by Crippen LogP contribution is -2.56. The first-order chi connectivity index (χ1) is 7.97. The molecule has 2 rings (SSSR count). The Hall–Kier alpha value is -0.220. The Kier molecular flexibility index (Phi) is 3.74. The molecule has 3 nitrogen and oxygen atoms in total. The second-order valence-electron chi connectivity index (χ2n) is 5.73. The molecule has 2 N–H and O–H groups in total. The summed E-state index contributed by atoms with van der Waals surface area (Å²) < 4.78 is 0. The average Bonchev–Trinajstić information content (AvgIpc) is 2.64. The van der Waals surface area contributed by atoms with Crippen molar-refractivity contribution in [2.45, 2.75) is 57.4 Å². The predicted molar refractivity (Wildman–Crippen MR) is 73.0 cm³/mol. The zero-order chi connectivity index (χ0) is 12.6. The van der Waals surface area contributed by atoms with Gasteiger partial charge in [0.1, 0.15) is 0 Å². The molecule has 0 bridgehead atoms. The van der Waals surface area contributed by atoms with Crippen LogP contribution < -0.4 is 5.73 Å². The number of thioether (sulfide) groups is 1.